The number of ketones is 1. The van der Waals surface area contributed by atoms with Crippen LogP contribution in [0.5, 0.6) is 5.75 Å². The quantitative estimate of drug-likeness (QED) is 0.711. The predicted molar refractivity (Wildman–Crippen MR) is 85.3 cm³/mol. The van der Waals surface area contributed by atoms with Crippen molar-refractivity contribution in [3.63, 3.8) is 0 Å². The van der Waals surface area contributed by atoms with Crippen LogP contribution in [-0.2, 0) is 6.54 Å². The zero-order chi connectivity index (χ0) is 15.4. The topological polar surface area (TPSA) is 51.5 Å². The van der Waals surface area contributed by atoms with E-state index in [0.29, 0.717) is 18.7 Å². The van der Waals surface area contributed by atoms with Gasteiger partial charge in [0.05, 0.1) is 6.54 Å². The summed E-state index contributed by atoms with van der Waals surface area (Å²) in [5, 5.41) is 10.0. The molecule has 3 aromatic rings. The molecule has 0 spiro atoms. The third kappa shape index (κ3) is 3.02. The first-order chi connectivity index (χ1) is 10.8. The SMILES string of the molecule is O=C(CO)c1ccc2ccn(CCOc3ccccc3)c2c1. The van der Waals surface area contributed by atoms with Gasteiger partial charge in [-0.05, 0) is 29.7 Å². The standard InChI is InChI=1S/C18H17NO3/c20-13-18(21)15-7-6-14-8-9-19(17(14)12-15)10-11-22-16-4-2-1-3-5-16/h1-9,12,20H,10-11,13H2. The van der Waals surface area contributed by atoms with Gasteiger partial charge in [-0.2, -0.15) is 0 Å². The number of aliphatic hydroxyl groups excluding tert-OH is 1. The summed E-state index contributed by atoms with van der Waals surface area (Å²) >= 11 is 0. The summed E-state index contributed by atoms with van der Waals surface area (Å²) in [5.74, 6) is 0.574. The molecule has 0 saturated carbocycles. The lowest BCUT2D eigenvalue weighted by Crippen LogP contribution is -2.08. The number of carbonyl (C=O) groups excluding carboxylic acids is 1. The fourth-order valence-electron chi connectivity index (χ4n) is 2.42. The van der Waals surface area contributed by atoms with E-state index in [-0.39, 0.29) is 5.78 Å². The summed E-state index contributed by atoms with van der Waals surface area (Å²) in [6, 6.07) is 17.1. The van der Waals surface area contributed by atoms with Gasteiger partial charge < -0.3 is 14.4 Å². The molecule has 0 aliphatic rings. The molecule has 0 aliphatic carbocycles. The molecule has 0 amide bonds. The number of Topliss-reactive ketones (excluding diaryl/α,β-unsaturated/α-hetero) is 1. The number of para-hydroxylation sites is 1. The van der Waals surface area contributed by atoms with Crippen LogP contribution in [0.2, 0.25) is 0 Å². The normalized spacial score (nSPS) is 10.8. The van der Waals surface area contributed by atoms with Gasteiger partial charge in [0.2, 0.25) is 0 Å². The third-order valence-corrected chi connectivity index (χ3v) is 3.58. The van der Waals surface area contributed by atoms with Crippen molar-refractivity contribution in [1.82, 2.24) is 4.57 Å². The smallest absolute Gasteiger partial charge is 0.188 e. The van der Waals surface area contributed by atoms with E-state index in [0.717, 1.165) is 16.7 Å². The molecule has 0 fully saturated rings. The summed E-state index contributed by atoms with van der Waals surface area (Å²) in [4.78, 5) is 11.6. The number of ether oxygens (including phenoxy) is 1. The Bertz CT molecular complexity index is 777. The van der Waals surface area contributed by atoms with Crippen LogP contribution in [0.1, 0.15) is 10.4 Å². The second kappa shape index (κ2) is 6.45. The van der Waals surface area contributed by atoms with E-state index in [2.05, 4.69) is 0 Å². The molecule has 4 heteroatoms. The van der Waals surface area contributed by atoms with Gasteiger partial charge in [-0.25, -0.2) is 0 Å². The maximum atomic E-state index is 11.6. The lowest BCUT2D eigenvalue weighted by Gasteiger charge is -2.08. The Labute approximate surface area is 128 Å². The van der Waals surface area contributed by atoms with E-state index in [1.165, 1.54) is 0 Å². The highest BCUT2D eigenvalue weighted by molar-refractivity contribution is 6.00. The van der Waals surface area contributed by atoms with Crippen molar-refractivity contribution in [1.29, 1.82) is 0 Å². The zero-order valence-corrected chi connectivity index (χ0v) is 12.1. The molecule has 2 aromatic carbocycles. The van der Waals surface area contributed by atoms with Crippen LogP contribution in [0.3, 0.4) is 0 Å². The molecule has 1 aromatic heterocycles. The molecule has 4 nitrogen and oxygen atoms in total. The Morgan fingerprint density at radius 1 is 1.09 bits per heavy atom. The molecular formula is C18H17NO3. The van der Waals surface area contributed by atoms with Crippen molar-refractivity contribution in [2.45, 2.75) is 6.54 Å². The van der Waals surface area contributed by atoms with Crippen molar-refractivity contribution < 1.29 is 14.6 Å². The number of aliphatic hydroxyl groups is 1. The van der Waals surface area contributed by atoms with Gasteiger partial charge in [0.25, 0.3) is 0 Å². The number of benzene rings is 2. The molecule has 112 valence electrons. The van der Waals surface area contributed by atoms with E-state index in [1.807, 2.05) is 59.3 Å². The number of hydrogen-bond acceptors (Lipinski definition) is 3. The van der Waals surface area contributed by atoms with E-state index in [9.17, 15) is 4.79 Å². The fraction of sp³-hybridized carbons (Fsp3) is 0.167. The molecule has 0 saturated heterocycles. The van der Waals surface area contributed by atoms with Gasteiger partial charge in [0.1, 0.15) is 19.0 Å². The summed E-state index contributed by atoms with van der Waals surface area (Å²) in [6.07, 6.45) is 1.98. The first-order valence-electron chi connectivity index (χ1n) is 7.19. The Morgan fingerprint density at radius 2 is 1.91 bits per heavy atom. The number of carbonyl (C=O) groups is 1. The summed E-state index contributed by atoms with van der Waals surface area (Å²) in [5.41, 5.74) is 1.50. The zero-order valence-electron chi connectivity index (χ0n) is 12.1. The largest absolute Gasteiger partial charge is 0.492 e. The van der Waals surface area contributed by atoms with Gasteiger partial charge in [0.15, 0.2) is 5.78 Å². The molecule has 22 heavy (non-hydrogen) atoms. The minimum atomic E-state index is -0.469. The second-order valence-electron chi connectivity index (χ2n) is 5.03. The summed E-state index contributed by atoms with van der Waals surface area (Å²) in [6.45, 7) is 0.768. The third-order valence-electron chi connectivity index (χ3n) is 3.58. The van der Waals surface area contributed by atoms with E-state index in [4.69, 9.17) is 9.84 Å². The van der Waals surface area contributed by atoms with Crippen LogP contribution in [0, 0.1) is 0 Å². The van der Waals surface area contributed by atoms with E-state index < -0.39 is 6.61 Å². The highest BCUT2D eigenvalue weighted by Crippen LogP contribution is 2.18. The maximum Gasteiger partial charge on any atom is 0.188 e. The lowest BCUT2D eigenvalue weighted by atomic mass is 10.1. The van der Waals surface area contributed by atoms with Crippen molar-refractivity contribution in [3.05, 3.63) is 66.4 Å². The highest BCUT2D eigenvalue weighted by atomic mass is 16.5. The number of rotatable bonds is 6. The van der Waals surface area contributed by atoms with Gasteiger partial charge in [-0.1, -0.05) is 30.3 Å². The van der Waals surface area contributed by atoms with Crippen LogP contribution in [0.25, 0.3) is 10.9 Å². The second-order valence-corrected chi connectivity index (χ2v) is 5.03. The number of nitrogens with zero attached hydrogens (tertiary/aromatic N) is 1. The van der Waals surface area contributed by atoms with Crippen LogP contribution < -0.4 is 4.74 Å². The van der Waals surface area contributed by atoms with Crippen molar-refractivity contribution in [2.75, 3.05) is 13.2 Å². The Morgan fingerprint density at radius 3 is 2.68 bits per heavy atom. The average Bonchev–Trinajstić information content (AvgIpc) is 2.97. The molecule has 1 heterocycles. The van der Waals surface area contributed by atoms with Crippen molar-refractivity contribution >= 4 is 16.7 Å². The highest BCUT2D eigenvalue weighted by Gasteiger charge is 2.07. The number of hydrogen-bond donors (Lipinski definition) is 1. The summed E-state index contributed by atoms with van der Waals surface area (Å²) < 4.78 is 7.75. The molecule has 1 N–H and O–H groups in total. The van der Waals surface area contributed by atoms with Crippen molar-refractivity contribution in [3.8, 4) is 5.75 Å². The number of fused-ring (bicyclic) bond motifs is 1. The van der Waals surface area contributed by atoms with Crippen LogP contribution in [0.4, 0.5) is 0 Å². The van der Waals surface area contributed by atoms with Crippen LogP contribution in [-0.4, -0.2) is 28.7 Å². The molecule has 0 bridgehead atoms. The molecule has 0 atom stereocenters. The Kier molecular flexibility index (Phi) is 4.21. The Balaban J connectivity index is 1.74. The van der Waals surface area contributed by atoms with Crippen LogP contribution >= 0.6 is 0 Å². The summed E-state index contributed by atoms with van der Waals surface area (Å²) in [7, 11) is 0. The van der Waals surface area contributed by atoms with Crippen molar-refractivity contribution in [2.24, 2.45) is 0 Å². The minimum Gasteiger partial charge on any atom is -0.492 e. The predicted octanol–water partition coefficient (Wildman–Crippen LogP) is 2.90. The minimum absolute atomic E-state index is 0.268. The van der Waals surface area contributed by atoms with E-state index >= 15 is 0 Å². The Hall–Kier alpha value is -2.59. The van der Waals surface area contributed by atoms with Crippen LogP contribution in [0.15, 0.2) is 60.8 Å². The molecule has 0 aliphatic heterocycles. The van der Waals surface area contributed by atoms with Gasteiger partial charge in [0, 0.05) is 17.3 Å². The first kappa shape index (κ1) is 14.4. The van der Waals surface area contributed by atoms with Gasteiger partial charge >= 0.3 is 0 Å². The van der Waals surface area contributed by atoms with Gasteiger partial charge in [-0.15, -0.1) is 0 Å². The van der Waals surface area contributed by atoms with Gasteiger partial charge in [-0.3, -0.25) is 4.79 Å². The monoisotopic (exact) mass is 295 g/mol. The first-order valence-corrected chi connectivity index (χ1v) is 7.19. The maximum absolute atomic E-state index is 11.6. The lowest BCUT2D eigenvalue weighted by molar-refractivity contribution is 0.0904. The molecule has 0 radical (unpaired) electrons. The molecule has 0 unspecified atom stereocenters. The molecular weight excluding hydrogens is 278 g/mol. The fourth-order valence-corrected chi connectivity index (χ4v) is 2.42. The number of aromatic nitrogens is 1. The molecule has 3 rings (SSSR count). The average molecular weight is 295 g/mol. The van der Waals surface area contributed by atoms with E-state index in [1.54, 1.807) is 6.07 Å².